The third-order valence-corrected chi connectivity index (χ3v) is 4.89. The Labute approximate surface area is 110 Å². The van der Waals surface area contributed by atoms with Crippen LogP contribution in [-0.2, 0) is 20.8 Å². The van der Waals surface area contributed by atoms with E-state index in [2.05, 4.69) is 4.72 Å². The second-order valence-corrected chi connectivity index (χ2v) is 7.45. The molecule has 7 heteroatoms. The minimum atomic E-state index is -3.58. The van der Waals surface area contributed by atoms with Crippen molar-refractivity contribution in [3.8, 4) is 0 Å². The Morgan fingerprint density at radius 3 is 2.44 bits per heavy atom. The Hall–Kier alpha value is -0.920. The maximum atomic E-state index is 12.0. The van der Waals surface area contributed by atoms with Crippen LogP contribution in [0, 0.1) is 13.8 Å². The van der Waals surface area contributed by atoms with Gasteiger partial charge < -0.3 is 5.73 Å². The SMILES string of the molecule is Cc1cc(S(=O)(=O)NCCS(C)=O)cc(N)c1C. The van der Waals surface area contributed by atoms with Crippen molar-refractivity contribution in [1.29, 1.82) is 0 Å². The van der Waals surface area contributed by atoms with Gasteiger partial charge in [0.2, 0.25) is 10.0 Å². The molecular formula is C11H18N2O3S2. The minimum absolute atomic E-state index is 0.144. The molecule has 1 atom stereocenters. The lowest BCUT2D eigenvalue weighted by Gasteiger charge is -2.10. The number of nitrogen functional groups attached to an aromatic ring is 1. The first-order chi connectivity index (χ1) is 8.24. The summed E-state index contributed by atoms with van der Waals surface area (Å²) in [5.41, 5.74) is 7.91. The predicted octanol–water partition coefficient (Wildman–Crippen LogP) is 0.542. The van der Waals surface area contributed by atoms with E-state index in [0.717, 1.165) is 11.1 Å². The van der Waals surface area contributed by atoms with Gasteiger partial charge in [-0.25, -0.2) is 13.1 Å². The van der Waals surface area contributed by atoms with Gasteiger partial charge in [-0.1, -0.05) is 0 Å². The van der Waals surface area contributed by atoms with Gasteiger partial charge in [-0.3, -0.25) is 4.21 Å². The summed E-state index contributed by atoms with van der Waals surface area (Å²) in [7, 11) is -4.60. The first-order valence-corrected chi connectivity index (χ1v) is 8.61. The van der Waals surface area contributed by atoms with Crippen LogP contribution >= 0.6 is 0 Å². The van der Waals surface area contributed by atoms with E-state index in [4.69, 9.17) is 5.73 Å². The van der Waals surface area contributed by atoms with Gasteiger partial charge in [0.1, 0.15) is 0 Å². The molecule has 102 valence electrons. The number of rotatable bonds is 5. The first kappa shape index (κ1) is 15.1. The molecule has 0 amide bonds. The molecular weight excluding hydrogens is 272 g/mol. The summed E-state index contributed by atoms with van der Waals surface area (Å²) in [6.07, 6.45) is 1.53. The third-order valence-electron chi connectivity index (χ3n) is 2.67. The topological polar surface area (TPSA) is 89.3 Å². The molecule has 0 aromatic heterocycles. The summed E-state index contributed by atoms with van der Waals surface area (Å²) in [5, 5.41) is 0. The maximum Gasteiger partial charge on any atom is 0.240 e. The molecule has 0 radical (unpaired) electrons. The standard InChI is InChI=1S/C11H18N2O3S2/c1-8-6-10(7-11(12)9(8)2)18(15,16)13-4-5-17(3)14/h6-7,13H,4-5,12H2,1-3H3. The molecule has 3 N–H and O–H groups in total. The van der Waals surface area contributed by atoms with E-state index in [0.29, 0.717) is 11.4 Å². The van der Waals surface area contributed by atoms with Gasteiger partial charge in [0.15, 0.2) is 0 Å². The second kappa shape index (κ2) is 5.81. The second-order valence-electron chi connectivity index (χ2n) is 4.13. The van der Waals surface area contributed by atoms with Crippen LogP contribution in [0.5, 0.6) is 0 Å². The van der Waals surface area contributed by atoms with Gasteiger partial charge in [-0.15, -0.1) is 0 Å². The summed E-state index contributed by atoms with van der Waals surface area (Å²) in [4.78, 5) is 0.144. The lowest BCUT2D eigenvalue weighted by Crippen LogP contribution is -2.28. The lowest BCUT2D eigenvalue weighted by atomic mass is 10.1. The largest absolute Gasteiger partial charge is 0.398 e. The molecule has 0 heterocycles. The van der Waals surface area contributed by atoms with Gasteiger partial charge in [-0.05, 0) is 37.1 Å². The number of benzene rings is 1. The third kappa shape index (κ3) is 3.79. The maximum absolute atomic E-state index is 12.0. The van der Waals surface area contributed by atoms with Crippen molar-refractivity contribution in [1.82, 2.24) is 4.72 Å². The number of nitrogens with two attached hydrogens (primary N) is 1. The smallest absolute Gasteiger partial charge is 0.240 e. The molecule has 18 heavy (non-hydrogen) atoms. The summed E-state index contributed by atoms with van der Waals surface area (Å²) in [5.74, 6) is 0.291. The molecule has 0 fully saturated rings. The fraction of sp³-hybridized carbons (Fsp3) is 0.455. The molecule has 0 saturated heterocycles. The number of sulfonamides is 1. The normalized spacial score (nSPS) is 13.5. The molecule has 0 spiro atoms. The average Bonchev–Trinajstić information content (AvgIpc) is 2.24. The predicted molar refractivity (Wildman–Crippen MR) is 74.5 cm³/mol. The molecule has 0 bridgehead atoms. The van der Waals surface area contributed by atoms with Crippen LogP contribution in [-0.4, -0.2) is 31.2 Å². The van der Waals surface area contributed by atoms with Gasteiger partial charge >= 0.3 is 0 Å². The molecule has 5 nitrogen and oxygen atoms in total. The number of hydrogen-bond donors (Lipinski definition) is 2. The first-order valence-electron chi connectivity index (χ1n) is 5.40. The van der Waals surface area contributed by atoms with E-state index in [1.807, 2.05) is 13.8 Å². The monoisotopic (exact) mass is 290 g/mol. The zero-order chi connectivity index (χ0) is 13.9. The van der Waals surface area contributed by atoms with Gasteiger partial charge in [0.25, 0.3) is 0 Å². The van der Waals surface area contributed by atoms with E-state index >= 15 is 0 Å². The summed E-state index contributed by atoms with van der Waals surface area (Å²) < 4.78 is 37.2. The Morgan fingerprint density at radius 2 is 1.94 bits per heavy atom. The van der Waals surface area contributed by atoms with Crippen LogP contribution in [0.1, 0.15) is 11.1 Å². The average molecular weight is 290 g/mol. The van der Waals surface area contributed by atoms with Crippen molar-refractivity contribution in [3.63, 3.8) is 0 Å². The Bertz CT molecular complexity index is 545. The van der Waals surface area contributed by atoms with Crippen LogP contribution in [0.2, 0.25) is 0 Å². The number of anilines is 1. The lowest BCUT2D eigenvalue weighted by molar-refractivity contribution is 0.584. The quantitative estimate of drug-likeness (QED) is 0.775. The molecule has 0 aliphatic heterocycles. The Kier molecular flexibility index (Phi) is 4.89. The Morgan fingerprint density at radius 1 is 1.33 bits per heavy atom. The van der Waals surface area contributed by atoms with E-state index in [1.54, 1.807) is 6.07 Å². The van der Waals surface area contributed by atoms with E-state index in [9.17, 15) is 12.6 Å². The van der Waals surface area contributed by atoms with Crippen molar-refractivity contribution in [3.05, 3.63) is 23.3 Å². The van der Waals surface area contributed by atoms with Crippen LogP contribution in [0.4, 0.5) is 5.69 Å². The van der Waals surface area contributed by atoms with Crippen LogP contribution in [0.3, 0.4) is 0 Å². The van der Waals surface area contributed by atoms with Crippen molar-refractivity contribution in [2.45, 2.75) is 18.7 Å². The van der Waals surface area contributed by atoms with Gasteiger partial charge in [-0.2, -0.15) is 0 Å². The summed E-state index contributed by atoms with van der Waals surface area (Å²) in [6, 6.07) is 3.02. The highest BCUT2D eigenvalue weighted by molar-refractivity contribution is 7.89. The van der Waals surface area contributed by atoms with E-state index in [1.165, 1.54) is 12.3 Å². The Balaban J connectivity index is 2.95. The molecule has 1 unspecified atom stereocenters. The van der Waals surface area contributed by atoms with Gasteiger partial charge in [0, 0.05) is 35.0 Å². The number of hydrogen-bond acceptors (Lipinski definition) is 4. The van der Waals surface area contributed by atoms with E-state index < -0.39 is 20.8 Å². The van der Waals surface area contributed by atoms with Crippen molar-refractivity contribution in [2.75, 3.05) is 24.3 Å². The highest BCUT2D eigenvalue weighted by Gasteiger charge is 2.15. The van der Waals surface area contributed by atoms with Crippen molar-refractivity contribution < 1.29 is 12.6 Å². The van der Waals surface area contributed by atoms with Crippen molar-refractivity contribution >= 4 is 26.5 Å². The fourth-order valence-corrected chi connectivity index (χ4v) is 3.08. The molecule has 1 aromatic carbocycles. The van der Waals surface area contributed by atoms with E-state index in [-0.39, 0.29) is 11.4 Å². The molecule has 1 rings (SSSR count). The highest BCUT2D eigenvalue weighted by atomic mass is 32.2. The molecule has 0 aliphatic carbocycles. The number of aryl methyl sites for hydroxylation is 1. The molecule has 1 aromatic rings. The minimum Gasteiger partial charge on any atom is -0.398 e. The highest BCUT2D eigenvalue weighted by Crippen LogP contribution is 2.21. The number of nitrogens with one attached hydrogen (secondary N) is 1. The van der Waals surface area contributed by atoms with Gasteiger partial charge in [0.05, 0.1) is 4.90 Å². The fourth-order valence-electron chi connectivity index (χ4n) is 1.41. The molecule has 0 aliphatic rings. The van der Waals surface area contributed by atoms with Crippen LogP contribution in [0.15, 0.2) is 17.0 Å². The zero-order valence-corrected chi connectivity index (χ0v) is 12.3. The molecule has 0 saturated carbocycles. The van der Waals surface area contributed by atoms with Crippen LogP contribution in [0.25, 0.3) is 0 Å². The van der Waals surface area contributed by atoms with Crippen LogP contribution < -0.4 is 10.5 Å². The summed E-state index contributed by atoms with van der Waals surface area (Å²) in [6.45, 7) is 3.80. The van der Waals surface area contributed by atoms with Crippen molar-refractivity contribution in [2.24, 2.45) is 0 Å². The zero-order valence-electron chi connectivity index (χ0n) is 10.7. The summed E-state index contributed by atoms with van der Waals surface area (Å²) >= 11 is 0.